The Morgan fingerprint density at radius 2 is 1.83 bits per heavy atom. The average Bonchev–Trinajstić information content (AvgIpc) is 2.05. The van der Waals surface area contributed by atoms with E-state index in [1.54, 1.807) is 0 Å². The van der Waals surface area contributed by atoms with Crippen molar-refractivity contribution in [3.63, 3.8) is 0 Å². The minimum atomic E-state index is -0.165. The molecular formula is C9H17NO2. The van der Waals surface area contributed by atoms with Gasteiger partial charge < -0.3 is 15.5 Å². The molecule has 0 aromatic rings. The molecule has 1 aliphatic heterocycles. The van der Waals surface area contributed by atoms with E-state index < -0.39 is 0 Å². The first-order valence-corrected chi connectivity index (χ1v) is 4.85. The first kappa shape index (κ1) is 8.48. The van der Waals surface area contributed by atoms with Crippen molar-refractivity contribution >= 4 is 0 Å². The third-order valence-corrected chi connectivity index (χ3v) is 3.16. The smallest absolute Gasteiger partial charge is 0.0667 e. The molecule has 0 aromatic carbocycles. The van der Waals surface area contributed by atoms with Crippen LogP contribution in [0.25, 0.3) is 0 Å². The summed E-state index contributed by atoms with van der Waals surface area (Å²) < 4.78 is 0. The third kappa shape index (κ3) is 1.63. The van der Waals surface area contributed by atoms with E-state index in [9.17, 15) is 10.2 Å². The Morgan fingerprint density at radius 1 is 1.00 bits per heavy atom. The Morgan fingerprint density at radius 3 is 2.67 bits per heavy atom. The summed E-state index contributed by atoms with van der Waals surface area (Å²) in [6, 6.07) is 0.456. The van der Waals surface area contributed by atoms with Crippen LogP contribution in [0.2, 0.25) is 0 Å². The number of aliphatic hydroxyl groups excluding tert-OH is 2. The van der Waals surface area contributed by atoms with Gasteiger partial charge >= 0.3 is 0 Å². The second kappa shape index (κ2) is 3.32. The van der Waals surface area contributed by atoms with E-state index in [0.29, 0.717) is 18.5 Å². The van der Waals surface area contributed by atoms with Crippen molar-refractivity contribution in [3.05, 3.63) is 0 Å². The lowest BCUT2D eigenvalue weighted by Crippen LogP contribution is -2.51. The molecular weight excluding hydrogens is 154 g/mol. The van der Waals surface area contributed by atoms with Crippen molar-refractivity contribution in [1.29, 1.82) is 0 Å². The molecule has 0 radical (unpaired) electrons. The average molecular weight is 171 g/mol. The summed E-state index contributed by atoms with van der Waals surface area (Å²) in [5.41, 5.74) is 0. The molecule has 4 unspecified atom stereocenters. The minimum Gasteiger partial charge on any atom is -0.393 e. The van der Waals surface area contributed by atoms with Crippen LogP contribution in [0.4, 0.5) is 0 Å². The van der Waals surface area contributed by atoms with Gasteiger partial charge in [-0.2, -0.15) is 0 Å². The molecule has 0 amide bonds. The molecule has 3 N–H and O–H groups in total. The van der Waals surface area contributed by atoms with Crippen molar-refractivity contribution in [1.82, 2.24) is 5.32 Å². The van der Waals surface area contributed by atoms with Crippen LogP contribution in [0, 0.1) is 5.92 Å². The Balaban J connectivity index is 1.94. The molecule has 1 aliphatic carbocycles. The lowest BCUT2D eigenvalue weighted by atomic mass is 9.77. The van der Waals surface area contributed by atoms with Gasteiger partial charge in [0, 0.05) is 12.6 Å². The van der Waals surface area contributed by atoms with Crippen molar-refractivity contribution in [3.8, 4) is 0 Å². The van der Waals surface area contributed by atoms with Crippen LogP contribution in [0.1, 0.15) is 25.7 Å². The van der Waals surface area contributed by atoms with E-state index in [4.69, 9.17) is 0 Å². The maximum absolute atomic E-state index is 9.41. The summed E-state index contributed by atoms with van der Waals surface area (Å²) in [6.07, 6.45) is 3.49. The number of piperidine rings is 1. The van der Waals surface area contributed by atoms with Crippen LogP contribution in [0.5, 0.6) is 0 Å². The lowest BCUT2D eigenvalue weighted by molar-refractivity contribution is 0.0276. The van der Waals surface area contributed by atoms with Gasteiger partial charge in [0.1, 0.15) is 0 Å². The van der Waals surface area contributed by atoms with Gasteiger partial charge in [0.05, 0.1) is 12.2 Å². The summed E-state index contributed by atoms with van der Waals surface area (Å²) in [7, 11) is 0. The second-order valence-corrected chi connectivity index (χ2v) is 4.13. The fourth-order valence-corrected chi connectivity index (χ4v) is 2.46. The van der Waals surface area contributed by atoms with Crippen LogP contribution < -0.4 is 5.32 Å². The maximum Gasteiger partial charge on any atom is 0.0667 e. The zero-order chi connectivity index (χ0) is 8.55. The molecule has 4 atom stereocenters. The van der Waals surface area contributed by atoms with E-state index in [0.717, 1.165) is 25.7 Å². The number of hydrogen-bond donors (Lipinski definition) is 3. The van der Waals surface area contributed by atoms with Crippen LogP contribution >= 0.6 is 0 Å². The van der Waals surface area contributed by atoms with Crippen molar-refractivity contribution in [2.24, 2.45) is 5.92 Å². The molecule has 1 saturated carbocycles. The monoisotopic (exact) mass is 171 g/mol. The summed E-state index contributed by atoms with van der Waals surface area (Å²) >= 11 is 0. The van der Waals surface area contributed by atoms with Gasteiger partial charge in [-0.15, -0.1) is 0 Å². The highest BCUT2D eigenvalue weighted by Crippen LogP contribution is 2.30. The topological polar surface area (TPSA) is 52.5 Å². The van der Waals surface area contributed by atoms with E-state index in [2.05, 4.69) is 5.32 Å². The Labute approximate surface area is 72.8 Å². The Kier molecular flexibility index (Phi) is 2.35. The van der Waals surface area contributed by atoms with E-state index in [1.807, 2.05) is 0 Å². The number of fused-ring (bicyclic) bond motifs is 1. The van der Waals surface area contributed by atoms with Crippen molar-refractivity contribution in [2.75, 3.05) is 6.54 Å². The second-order valence-electron chi connectivity index (χ2n) is 4.13. The molecule has 12 heavy (non-hydrogen) atoms. The summed E-state index contributed by atoms with van der Waals surface area (Å²) in [4.78, 5) is 0. The van der Waals surface area contributed by atoms with Gasteiger partial charge in [-0.1, -0.05) is 0 Å². The van der Waals surface area contributed by atoms with Gasteiger partial charge in [0.25, 0.3) is 0 Å². The predicted octanol–water partition coefficient (Wildman–Crippen LogP) is -0.130. The number of β-amino-alcohol motifs (C(OH)–C–C–N with tert-alkyl or cyclic N) is 1. The standard InChI is InChI=1S/C9H17NO2/c11-7-2-1-6-3-8(12)5-10-9(6)4-7/h6-12H,1-5H2. The van der Waals surface area contributed by atoms with Crippen LogP contribution in [0.15, 0.2) is 0 Å². The largest absolute Gasteiger partial charge is 0.393 e. The first-order valence-electron chi connectivity index (χ1n) is 4.85. The molecule has 1 saturated heterocycles. The normalized spacial score (nSPS) is 48.5. The lowest BCUT2D eigenvalue weighted by Gasteiger charge is -2.40. The van der Waals surface area contributed by atoms with E-state index >= 15 is 0 Å². The van der Waals surface area contributed by atoms with Crippen molar-refractivity contribution < 1.29 is 10.2 Å². The molecule has 70 valence electrons. The quantitative estimate of drug-likeness (QED) is 0.476. The molecule has 2 aliphatic rings. The third-order valence-electron chi connectivity index (χ3n) is 3.16. The van der Waals surface area contributed by atoms with Gasteiger partial charge in [-0.25, -0.2) is 0 Å². The number of hydrogen-bond acceptors (Lipinski definition) is 3. The van der Waals surface area contributed by atoms with E-state index in [1.165, 1.54) is 0 Å². The minimum absolute atomic E-state index is 0.117. The van der Waals surface area contributed by atoms with Crippen LogP contribution in [0.3, 0.4) is 0 Å². The molecule has 0 aromatic heterocycles. The number of rotatable bonds is 0. The predicted molar refractivity (Wildman–Crippen MR) is 45.8 cm³/mol. The highest BCUT2D eigenvalue weighted by Gasteiger charge is 2.33. The summed E-state index contributed by atoms with van der Waals surface area (Å²) in [6.45, 7) is 0.702. The summed E-state index contributed by atoms with van der Waals surface area (Å²) in [5.74, 6) is 0.595. The van der Waals surface area contributed by atoms with Crippen LogP contribution in [-0.2, 0) is 0 Å². The Bertz CT molecular complexity index is 145. The van der Waals surface area contributed by atoms with Gasteiger partial charge in [-0.3, -0.25) is 0 Å². The number of nitrogens with one attached hydrogen (secondary N) is 1. The molecule has 2 fully saturated rings. The van der Waals surface area contributed by atoms with E-state index in [-0.39, 0.29) is 12.2 Å². The van der Waals surface area contributed by atoms with Crippen molar-refractivity contribution in [2.45, 2.75) is 43.9 Å². The molecule has 3 heteroatoms. The van der Waals surface area contributed by atoms with Gasteiger partial charge in [0.15, 0.2) is 0 Å². The Hall–Kier alpha value is -0.120. The molecule has 1 heterocycles. The highest BCUT2D eigenvalue weighted by atomic mass is 16.3. The van der Waals surface area contributed by atoms with Crippen LogP contribution in [-0.4, -0.2) is 35.0 Å². The molecule has 2 rings (SSSR count). The zero-order valence-corrected chi connectivity index (χ0v) is 7.24. The molecule has 0 spiro atoms. The molecule has 3 nitrogen and oxygen atoms in total. The van der Waals surface area contributed by atoms with Gasteiger partial charge in [-0.05, 0) is 31.6 Å². The highest BCUT2D eigenvalue weighted by molar-refractivity contribution is 4.90. The SMILES string of the molecule is OC1CNC2CC(O)CCC2C1. The summed E-state index contributed by atoms with van der Waals surface area (Å²) in [5, 5.41) is 22.1. The molecule has 0 bridgehead atoms. The van der Waals surface area contributed by atoms with Gasteiger partial charge in [0.2, 0.25) is 0 Å². The maximum atomic E-state index is 9.41. The zero-order valence-electron chi connectivity index (χ0n) is 7.24. The first-order chi connectivity index (χ1) is 5.75. The fourth-order valence-electron chi connectivity index (χ4n) is 2.46. The number of aliphatic hydroxyl groups is 2. The fraction of sp³-hybridized carbons (Fsp3) is 1.00.